The Morgan fingerprint density at radius 3 is 2.80 bits per heavy atom. The summed E-state index contributed by atoms with van der Waals surface area (Å²) in [5.41, 5.74) is 0.214. The highest BCUT2D eigenvalue weighted by Crippen LogP contribution is 2.26. The average molecular weight is 229 g/mol. The van der Waals surface area contributed by atoms with Crippen LogP contribution in [0.2, 0.25) is 0 Å². The van der Waals surface area contributed by atoms with Gasteiger partial charge < -0.3 is 15.1 Å². The van der Waals surface area contributed by atoms with Gasteiger partial charge in [0.25, 0.3) is 0 Å². The molecule has 0 fully saturated rings. The van der Waals surface area contributed by atoms with Crippen molar-refractivity contribution in [2.24, 2.45) is 0 Å². The lowest BCUT2D eigenvalue weighted by molar-refractivity contribution is 0.0689. The molecule has 0 saturated heterocycles. The number of carbonyl (C=O) groups is 1. The number of aliphatic hydroxyl groups excluding tert-OH is 1. The van der Waals surface area contributed by atoms with Gasteiger partial charge in [0.15, 0.2) is 0 Å². The van der Waals surface area contributed by atoms with Crippen LogP contribution < -0.4 is 0 Å². The van der Waals surface area contributed by atoms with Crippen LogP contribution in [-0.4, -0.2) is 41.7 Å². The van der Waals surface area contributed by atoms with Crippen LogP contribution in [0.3, 0.4) is 0 Å². The number of aromatic carboxylic acids is 1. The first-order valence-corrected chi connectivity index (χ1v) is 5.53. The van der Waals surface area contributed by atoms with E-state index in [1.165, 1.54) is 17.4 Å². The molecule has 2 N–H and O–H groups in total. The zero-order valence-corrected chi connectivity index (χ0v) is 9.62. The largest absolute Gasteiger partial charge is 0.478 e. The first kappa shape index (κ1) is 12.2. The van der Waals surface area contributed by atoms with Gasteiger partial charge in [0.05, 0.1) is 11.7 Å². The highest BCUT2D eigenvalue weighted by molar-refractivity contribution is 7.10. The highest BCUT2D eigenvalue weighted by Gasteiger charge is 2.18. The smallest absolute Gasteiger partial charge is 0.336 e. The van der Waals surface area contributed by atoms with Crippen molar-refractivity contribution in [2.45, 2.75) is 12.5 Å². The lowest BCUT2D eigenvalue weighted by Crippen LogP contribution is -2.16. The second-order valence-corrected chi connectivity index (χ2v) is 4.56. The van der Waals surface area contributed by atoms with Gasteiger partial charge in [-0.1, -0.05) is 0 Å². The third kappa shape index (κ3) is 3.30. The molecule has 0 aliphatic carbocycles. The van der Waals surface area contributed by atoms with Crippen LogP contribution in [0.4, 0.5) is 0 Å². The maximum Gasteiger partial charge on any atom is 0.336 e. The molecule has 0 saturated carbocycles. The standard InChI is InChI=1S/C10H15NO3S/c1-11(2)5-3-8(12)9-7(10(13)14)4-6-15-9/h4,6,8,12H,3,5H2,1-2H3,(H,13,14). The highest BCUT2D eigenvalue weighted by atomic mass is 32.1. The van der Waals surface area contributed by atoms with Crippen molar-refractivity contribution >= 4 is 17.3 Å². The van der Waals surface area contributed by atoms with Crippen molar-refractivity contribution in [3.05, 3.63) is 21.9 Å². The van der Waals surface area contributed by atoms with Gasteiger partial charge in [0.1, 0.15) is 0 Å². The van der Waals surface area contributed by atoms with E-state index in [0.29, 0.717) is 11.3 Å². The number of rotatable bonds is 5. The maximum atomic E-state index is 10.8. The molecule has 0 aliphatic rings. The van der Waals surface area contributed by atoms with E-state index < -0.39 is 12.1 Å². The molecular weight excluding hydrogens is 214 g/mol. The summed E-state index contributed by atoms with van der Waals surface area (Å²) in [5, 5.41) is 20.4. The number of carboxylic acids is 1. The van der Waals surface area contributed by atoms with Crippen LogP contribution >= 0.6 is 11.3 Å². The van der Waals surface area contributed by atoms with E-state index in [9.17, 15) is 9.90 Å². The summed E-state index contributed by atoms with van der Waals surface area (Å²) in [7, 11) is 3.83. The monoisotopic (exact) mass is 229 g/mol. The van der Waals surface area contributed by atoms with Crippen molar-refractivity contribution in [3.63, 3.8) is 0 Å². The van der Waals surface area contributed by atoms with E-state index in [0.717, 1.165) is 6.54 Å². The van der Waals surface area contributed by atoms with Crippen LogP contribution in [0, 0.1) is 0 Å². The Hall–Kier alpha value is -0.910. The molecule has 1 rings (SSSR count). The lowest BCUT2D eigenvalue weighted by Gasteiger charge is -2.13. The second-order valence-electron chi connectivity index (χ2n) is 3.61. The van der Waals surface area contributed by atoms with Gasteiger partial charge in [-0.2, -0.15) is 0 Å². The van der Waals surface area contributed by atoms with Crippen LogP contribution in [0.1, 0.15) is 27.8 Å². The van der Waals surface area contributed by atoms with Crippen LogP contribution in [0.5, 0.6) is 0 Å². The molecule has 1 aromatic rings. The molecule has 0 bridgehead atoms. The molecular formula is C10H15NO3S. The first-order chi connectivity index (χ1) is 7.02. The predicted molar refractivity (Wildman–Crippen MR) is 59.4 cm³/mol. The molecule has 0 amide bonds. The molecule has 1 heterocycles. The van der Waals surface area contributed by atoms with Gasteiger partial charge >= 0.3 is 5.97 Å². The summed E-state index contributed by atoms with van der Waals surface area (Å²) < 4.78 is 0. The Morgan fingerprint density at radius 1 is 1.60 bits per heavy atom. The third-order valence-electron chi connectivity index (χ3n) is 2.08. The van der Waals surface area contributed by atoms with Crippen LogP contribution in [0.25, 0.3) is 0 Å². The fourth-order valence-corrected chi connectivity index (χ4v) is 2.18. The normalized spacial score (nSPS) is 13.1. The van der Waals surface area contributed by atoms with Gasteiger partial charge in [-0.15, -0.1) is 11.3 Å². The average Bonchev–Trinajstić information content (AvgIpc) is 2.62. The van der Waals surface area contributed by atoms with Gasteiger partial charge in [0, 0.05) is 11.4 Å². The van der Waals surface area contributed by atoms with Crippen LogP contribution in [-0.2, 0) is 0 Å². The number of aliphatic hydroxyl groups is 1. The molecule has 4 nitrogen and oxygen atoms in total. The molecule has 84 valence electrons. The summed E-state index contributed by atoms with van der Waals surface area (Å²) in [5.74, 6) is -0.977. The van der Waals surface area contributed by atoms with Gasteiger partial charge in [0.2, 0.25) is 0 Å². The summed E-state index contributed by atoms with van der Waals surface area (Å²) in [6.45, 7) is 0.734. The van der Waals surface area contributed by atoms with Crippen molar-refractivity contribution < 1.29 is 15.0 Å². The molecule has 0 aliphatic heterocycles. The van der Waals surface area contributed by atoms with Crippen molar-refractivity contribution in [3.8, 4) is 0 Å². The number of hydrogen-bond acceptors (Lipinski definition) is 4. The van der Waals surface area contributed by atoms with E-state index in [1.54, 1.807) is 5.38 Å². The van der Waals surface area contributed by atoms with Gasteiger partial charge in [-0.3, -0.25) is 0 Å². The lowest BCUT2D eigenvalue weighted by atomic mass is 10.1. The molecule has 1 aromatic heterocycles. The molecule has 15 heavy (non-hydrogen) atoms. The third-order valence-corrected chi connectivity index (χ3v) is 3.10. The Balaban J connectivity index is 2.69. The number of thiophene rings is 1. The Morgan fingerprint density at radius 2 is 2.27 bits per heavy atom. The molecule has 5 heteroatoms. The zero-order valence-electron chi connectivity index (χ0n) is 8.80. The SMILES string of the molecule is CN(C)CCC(O)c1sccc1C(=O)O. The number of hydrogen-bond donors (Lipinski definition) is 2. The quantitative estimate of drug-likeness (QED) is 0.802. The molecule has 0 aromatic carbocycles. The number of carboxylic acid groups (broad SMARTS) is 1. The molecule has 1 atom stereocenters. The summed E-state index contributed by atoms with van der Waals surface area (Å²) in [6, 6.07) is 1.53. The minimum atomic E-state index is -0.977. The van der Waals surface area contributed by atoms with Gasteiger partial charge in [-0.25, -0.2) is 4.79 Å². The van der Waals surface area contributed by atoms with Gasteiger partial charge in [-0.05, 0) is 32.0 Å². The van der Waals surface area contributed by atoms with E-state index >= 15 is 0 Å². The van der Waals surface area contributed by atoms with Crippen molar-refractivity contribution in [1.82, 2.24) is 4.90 Å². The van der Waals surface area contributed by atoms with E-state index in [-0.39, 0.29) is 5.56 Å². The Labute approximate surface area is 92.8 Å². The minimum Gasteiger partial charge on any atom is -0.478 e. The molecule has 1 unspecified atom stereocenters. The summed E-state index contributed by atoms with van der Waals surface area (Å²) >= 11 is 1.29. The molecule has 0 spiro atoms. The van der Waals surface area contributed by atoms with E-state index in [4.69, 9.17) is 5.11 Å². The zero-order chi connectivity index (χ0) is 11.4. The first-order valence-electron chi connectivity index (χ1n) is 4.66. The van der Waals surface area contributed by atoms with Crippen LogP contribution in [0.15, 0.2) is 11.4 Å². The molecule has 0 radical (unpaired) electrons. The topological polar surface area (TPSA) is 60.8 Å². The summed E-state index contributed by atoms with van der Waals surface area (Å²) in [6.07, 6.45) is -0.133. The predicted octanol–water partition coefficient (Wildman–Crippen LogP) is 1.43. The minimum absolute atomic E-state index is 0.214. The fourth-order valence-electron chi connectivity index (χ4n) is 1.27. The second kappa shape index (κ2) is 5.25. The summed E-state index contributed by atoms with van der Waals surface area (Å²) in [4.78, 5) is 13.3. The Kier molecular flexibility index (Phi) is 4.26. The van der Waals surface area contributed by atoms with E-state index in [1.807, 2.05) is 19.0 Å². The van der Waals surface area contributed by atoms with Crippen molar-refractivity contribution in [2.75, 3.05) is 20.6 Å². The van der Waals surface area contributed by atoms with E-state index in [2.05, 4.69) is 0 Å². The maximum absolute atomic E-state index is 10.8. The fraction of sp³-hybridized carbons (Fsp3) is 0.500. The number of nitrogens with zero attached hydrogens (tertiary/aromatic N) is 1. The van der Waals surface area contributed by atoms with Crippen molar-refractivity contribution in [1.29, 1.82) is 0 Å². The Bertz CT molecular complexity index is 335.